The van der Waals surface area contributed by atoms with E-state index in [-0.39, 0.29) is 35.3 Å². The Kier molecular flexibility index (Phi) is 6.78. The lowest BCUT2D eigenvalue weighted by Gasteiger charge is -2.12. The Bertz CT molecular complexity index is 914. The van der Waals surface area contributed by atoms with E-state index in [0.29, 0.717) is 5.69 Å². The minimum Gasteiger partial charge on any atom is -0.403 e. The number of aromatic nitrogens is 1. The molecule has 2 aromatic rings. The fourth-order valence-electron chi connectivity index (χ4n) is 2.28. The fourth-order valence-corrected chi connectivity index (χ4v) is 2.28. The van der Waals surface area contributed by atoms with Crippen molar-refractivity contribution in [3.05, 3.63) is 53.0 Å². The first-order valence-corrected chi connectivity index (χ1v) is 8.56. The lowest BCUT2D eigenvalue weighted by Crippen LogP contribution is -2.24. The minimum atomic E-state index is -5.00. The second-order valence-electron chi connectivity index (χ2n) is 6.52. The van der Waals surface area contributed by atoms with Crippen LogP contribution < -0.4 is 15.4 Å². The normalized spacial score (nSPS) is 11.3. The quantitative estimate of drug-likeness (QED) is 0.703. The Morgan fingerprint density at radius 3 is 2.45 bits per heavy atom. The molecule has 1 aromatic carbocycles. The number of hydrogen-bond donors (Lipinski definition) is 2. The maximum absolute atomic E-state index is 13.7. The Morgan fingerprint density at radius 2 is 1.86 bits per heavy atom. The largest absolute Gasteiger partial charge is 0.573 e. The first-order chi connectivity index (χ1) is 13.4. The number of rotatable bonds is 6. The Balaban J connectivity index is 2.06. The molecule has 2 N–H and O–H groups in total. The maximum Gasteiger partial charge on any atom is 0.573 e. The summed E-state index contributed by atoms with van der Waals surface area (Å²) in [6, 6.07) is 5.77. The van der Waals surface area contributed by atoms with Gasteiger partial charge in [-0.3, -0.25) is 9.59 Å². The summed E-state index contributed by atoms with van der Waals surface area (Å²) in [6.07, 6.45) is -5.00. The Hall–Kier alpha value is -3.17. The molecule has 1 heterocycles. The number of hydrogen-bond acceptors (Lipinski definition) is 4. The summed E-state index contributed by atoms with van der Waals surface area (Å²) in [5.41, 5.74) is 0.954. The van der Waals surface area contributed by atoms with Crippen LogP contribution in [-0.4, -0.2) is 23.2 Å². The van der Waals surface area contributed by atoms with Crippen molar-refractivity contribution in [2.75, 3.05) is 5.32 Å². The van der Waals surface area contributed by atoms with Crippen LogP contribution in [0.25, 0.3) is 0 Å². The number of halogens is 4. The van der Waals surface area contributed by atoms with Crippen molar-refractivity contribution in [3.63, 3.8) is 0 Å². The molecule has 2 amide bonds. The third kappa shape index (κ3) is 6.74. The van der Waals surface area contributed by atoms with Crippen LogP contribution in [0.3, 0.4) is 0 Å². The number of aryl methyl sites for hydroxylation is 1. The van der Waals surface area contributed by atoms with Crippen molar-refractivity contribution < 1.29 is 31.9 Å². The van der Waals surface area contributed by atoms with E-state index in [9.17, 15) is 27.2 Å². The molecule has 29 heavy (non-hydrogen) atoms. The highest BCUT2D eigenvalue weighted by Gasteiger charge is 2.32. The molecule has 0 atom stereocenters. The monoisotopic (exact) mass is 413 g/mol. The minimum absolute atomic E-state index is 0.128. The van der Waals surface area contributed by atoms with Gasteiger partial charge in [-0.1, -0.05) is 19.9 Å². The average Bonchev–Trinajstić information content (AvgIpc) is 2.60. The van der Waals surface area contributed by atoms with Gasteiger partial charge in [-0.15, -0.1) is 13.2 Å². The molecule has 0 fully saturated rings. The number of ether oxygens (including phenoxy) is 1. The standard InChI is InChI=1S/C19H19F4N3O3/c1-10(2)17(27)26-16-8-13(6-11(3)25-16)18(28)24-9-12-4-5-15(14(20)7-12)29-19(21,22)23/h4-8,10H,9H2,1-3H3,(H,24,28)(H,25,26,27). The molecule has 0 aliphatic heterocycles. The summed E-state index contributed by atoms with van der Waals surface area (Å²) in [5, 5.41) is 5.13. The highest BCUT2D eigenvalue weighted by Crippen LogP contribution is 2.26. The van der Waals surface area contributed by atoms with Gasteiger partial charge < -0.3 is 15.4 Å². The molecule has 0 unspecified atom stereocenters. The van der Waals surface area contributed by atoms with Crippen LogP contribution in [0.2, 0.25) is 0 Å². The van der Waals surface area contributed by atoms with Crippen LogP contribution in [0, 0.1) is 18.7 Å². The number of benzene rings is 1. The van der Waals surface area contributed by atoms with E-state index in [4.69, 9.17) is 0 Å². The van der Waals surface area contributed by atoms with E-state index in [0.717, 1.165) is 12.1 Å². The fraction of sp³-hybridized carbons (Fsp3) is 0.316. The zero-order chi connectivity index (χ0) is 21.8. The van der Waals surface area contributed by atoms with Crippen LogP contribution in [0.4, 0.5) is 23.4 Å². The molecule has 1 aromatic heterocycles. The van der Waals surface area contributed by atoms with Gasteiger partial charge in [0.05, 0.1) is 0 Å². The second kappa shape index (κ2) is 8.89. The molecule has 0 saturated carbocycles. The summed E-state index contributed by atoms with van der Waals surface area (Å²) in [4.78, 5) is 28.3. The molecule has 0 aliphatic carbocycles. The molecule has 0 bridgehead atoms. The van der Waals surface area contributed by atoms with Gasteiger partial charge in [0.25, 0.3) is 5.91 Å². The van der Waals surface area contributed by atoms with E-state index in [1.807, 2.05) is 0 Å². The predicted octanol–water partition coefficient (Wildman–Crippen LogP) is 3.95. The van der Waals surface area contributed by atoms with E-state index in [1.165, 1.54) is 18.2 Å². The number of anilines is 1. The third-order valence-electron chi connectivity index (χ3n) is 3.67. The Morgan fingerprint density at radius 1 is 1.17 bits per heavy atom. The summed E-state index contributed by atoms with van der Waals surface area (Å²) in [6.45, 7) is 4.94. The molecule has 2 rings (SSSR count). The summed E-state index contributed by atoms with van der Waals surface area (Å²) >= 11 is 0. The van der Waals surface area contributed by atoms with Gasteiger partial charge in [0, 0.05) is 23.7 Å². The summed E-state index contributed by atoms with van der Waals surface area (Å²) < 4.78 is 53.8. The number of nitrogens with one attached hydrogen (secondary N) is 2. The van der Waals surface area contributed by atoms with Crippen molar-refractivity contribution in [3.8, 4) is 5.75 Å². The topological polar surface area (TPSA) is 80.3 Å². The van der Waals surface area contributed by atoms with E-state index in [2.05, 4.69) is 20.4 Å². The first-order valence-electron chi connectivity index (χ1n) is 8.56. The van der Waals surface area contributed by atoms with Crippen molar-refractivity contribution in [2.24, 2.45) is 5.92 Å². The van der Waals surface area contributed by atoms with Crippen LogP contribution in [0.5, 0.6) is 5.75 Å². The van der Waals surface area contributed by atoms with Gasteiger partial charge in [0.2, 0.25) is 5.91 Å². The molecule has 0 spiro atoms. The van der Waals surface area contributed by atoms with Crippen molar-refractivity contribution in [1.29, 1.82) is 0 Å². The molecule has 10 heteroatoms. The van der Waals surface area contributed by atoms with Crippen molar-refractivity contribution >= 4 is 17.6 Å². The summed E-state index contributed by atoms with van der Waals surface area (Å²) in [7, 11) is 0. The van der Waals surface area contributed by atoms with E-state index in [1.54, 1.807) is 20.8 Å². The second-order valence-corrected chi connectivity index (χ2v) is 6.52. The van der Waals surface area contributed by atoms with Crippen molar-refractivity contribution in [2.45, 2.75) is 33.7 Å². The number of pyridine rings is 1. The van der Waals surface area contributed by atoms with Crippen LogP contribution >= 0.6 is 0 Å². The van der Waals surface area contributed by atoms with E-state index < -0.39 is 23.8 Å². The Labute approximate surface area is 164 Å². The smallest absolute Gasteiger partial charge is 0.403 e. The van der Waals surface area contributed by atoms with Gasteiger partial charge in [-0.05, 0) is 36.8 Å². The summed E-state index contributed by atoms with van der Waals surface area (Å²) in [5.74, 6) is -2.99. The van der Waals surface area contributed by atoms with Crippen LogP contribution in [0.15, 0.2) is 30.3 Å². The number of nitrogens with zero attached hydrogens (tertiary/aromatic N) is 1. The molecule has 0 saturated heterocycles. The maximum atomic E-state index is 13.7. The number of carbonyl (C=O) groups is 2. The molecular weight excluding hydrogens is 394 g/mol. The average molecular weight is 413 g/mol. The van der Waals surface area contributed by atoms with E-state index >= 15 is 0 Å². The predicted molar refractivity (Wildman–Crippen MR) is 96.7 cm³/mol. The van der Waals surface area contributed by atoms with Gasteiger partial charge in [0.1, 0.15) is 5.82 Å². The lowest BCUT2D eigenvalue weighted by atomic mass is 10.1. The van der Waals surface area contributed by atoms with Gasteiger partial charge in [-0.2, -0.15) is 0 Å². The first kappa shape index (κ1) is 22.1. The third-order valence-corrected chi connectivity index (χ3v) is 3.67. The van der Waals surface area contributed by atoms with Crippen LogP contribution in [0.1, 0.15) is 35.5 Å². The zero-order valence-electron chi connectivity index (χ0n) is 15.9. The zero-order valence-corrected chi connectivity index (χ0v) is 15.9. The molecule has 6 nitrogen and oxygen atoms in total. The molecule has 156 valence electrons. The lowest BCUT2D eigenvalue weighted by molar-refractivity contribution is -0.275. The SMILES string of the molecule is Cc1cc(C(=O)NCc2ccc(OC(F)(F)F)c(F)c2)cc(NC(=O)C(C)C)n1. The molecule has 0 radical (unpaired) electrons. The number of alkyl halides is 3. The molecule has 0 aliphatic rings. The van der Waals surface area contributed by atoms with Gasteiger partial charge in [-0.25, -0.2) is 9.37 Å². The van der Waals surface area contributed by atoms with Crippen molar-refractivity contribution in [1.82, 2.24) is 10.3 Å². The van der Waals surface area contributed by atoms with Crippen LogP contribution in [-0.2, 0) is 11.3 Å². The molecular formula is C19H19F4N3O3. The highest BCUT2D eigenvalue weighted by molar-refractivity contribution is 5.97. The highest BCUT2D eigenvalue weighted by atomic mass is 19.4. The number of carbonyl (C=O) groups excluding carboxylic acids is 2. The number of amides is 2. The van der Waals surface area contributed by atoms with Gasteiger partial charge >= 0.3 is 6.36 Å². The van der Waals surface area contributed by atoms with Gasteiger partial charge in [0.15, 0.2) is 11.6 Å².